The molecule has 2 rings (SSSR count). The summed E-state index contributed by atoms with van der Waals surface area (Å²) in [6.45, 7) is 0. The largest absolute Gasteiger partial charge is 0.464 e. The number of aromatic nitrogens is 3. The van der Waals surface area contributed by atoms with Crippen LogP contribution >= 0.6 is 11.6 Å². The van der Waals surface area contributed by atoms with Crippen LogP contribution in [0.5, 0.6) is 0 Å². The van der Waals surface area contributed by atoms with E-state index < -0.39 is 11.8 Å². The molecule has 1 aromatic heterocycles. The first kappa shape index (κ1) is 11.5. The number of nitrogens with zero attached hydrogens (tertiary/aromatic N) is 3. The van der Waals surface area contributed by atoms with Crippen LogP contribution in [0.1, 0.15) is 10.5 Å². The molecule has 5 nitrogen and oxygen atoms in total. The number of hydrogen-bond acceptors (Lipinski definition) is 4. The van der Waals surface area contributed by atoms with Gasteiger partial charge in [-0.15, -0.1) is 5.10 Å². The number of methoxy groups -OCH3 is 1. The molecule has 1 aromatic carbocycles. The van der Waals surface area contributed by atoms with Gasteiger partial charge in [-0.1, -0.05) is 16.8 Å². The lowest BCUT2D eigenvalue weighted by Gasteiger charge is -2.01. The van der Waals surface area contributed by atoms with E-state index in [2.05, 4.69) is 15.0 Å². The number of hydrogen-bond donors (Lipinski definition) is 0. The second kappa shape index (κ2) is 4.50. The molecule has 0 aliphatic heterocycles. The van der Waals surface area contributed by atoms with Crippen LogP contribution < -0.4 is 0 Å². The highest BCUT2D eigenvalue weighted by Gasteiger charge is 2.13. The molecule has 0 amide bonds. The van der Waals surface area contributed by atoms with E-state index in [-0.39, 0.29) is 11.4 Å². The number of carbonyl (C=O) groups excluding carboxylic acids is 1. The van der Waals surface area contributed by atoms with E-state index >= 15 is 0 Å². The highest BCUT2D eigenvalue weighted by atomic mass is 35.5. The van der Waals surface area contributed by atoms with Crippen LogP contribution in [0.15, 0.2) is 24.4 Å². The van der Waals surface area contributed by atoms with Gasteiger partial charge in [0.2, 0.25) is 0 Å². The Morgan fingerprint density at radius 2 is 2.29 bits per heavy atom. The fourth-order valence-electron chi connectivity index (χ4n) is 1.24. The van der Waals surface area contributed by atoms with Crippen LogP contribution in [0.3, 0.4) is 0 Å². The zero-order valence-electron chi connectivity index (χ0n) is 8.72. The van der Waals surface area contributed by atoms with E-state index in [0.717, 1.165) is 4.68 Å². The lowest BCUT2D eigenvalue weighted by molar-refractivity contribution is 0.0594. The number of carbonyl (C=O) groups is 1. The summed E-state index contributed by atoms with van der Waals surface area (Å²) in [5.41, 5.74) is 0.104. The van der Waals surface area contributed by atoms with Gasteiger partial charge in [-0.3, -0.25) is 0 Å². The molecule has 0 saturated heterocycles. The number of halogens is 2. The van der Waals surface area contributed by atoms with Gasteiger partial charge in [0.25, 0.3) is 0 Å². The van der Waals surface area contributed by atoms with Crippen molar-refractivity contribution in [3.63, 3.8) is 0 Å². The van der Waals surface area contributed by atoms with Crippen molar-refractivity contribution >= 4 is 17.6 Å². The molecular formula is C10H7ClFN3O2. The van der Waals surface area contributed by atoms with Crippen molar-refractivity contribution in [1.29, 1.82) is 0 Å². The fraction of sp³-hybridized carbons (Fsp3) is 0.100. The lowest BCUT2D eigenvalue weighted by Crippen LogP contribution is -2.01. The Morgan fingerprint density at radius 3 is 3.00 bits per heavy atom. The average molecular weight is 256 g/mol. The second-order valence-electron chi connectivity index (χ2n) is 3.14. The third kappa shape index (κ3) is 2.26. The molecule has 1 heterocycles. The van der Waals surface area contributed by atoms with Crippen LogP contribution in [0, 0.1) is 5.82 Å². The SMILES string of the molecule is COC(=O)c1cn(-c2cc(Cl)ccc2F)nn1. The monoisotopic (exact) mass is 255 g/mol. The minimum absolute atomic E-state index is 0.00752. The predicted molar refractivity (Wildman–Crippen MR) is 57.7 cm³/mol. The molecule has 0 spiro atoms. The maximum absolute atomic E-state index is 13.5. The van der Waals surface area contributed by atoms with Gasteiger partial charge in [0, 0.05) is 5.02 Å². The van der Waals surface area contributed by atoms with E-state index in [0.29, 0.717) is 5.02 Å². The topological polar surface area (TPSA) is 57.0 Å². The van der Waals surface area contributed by atoms with Crippen LogP contribution in [0.2, 0.25) is 5.02 Å². The van der Waals surface area contributed by atoms with E-state index in [4.69, 9.17) is 11.6 Å². The van der Waals surface area contributed by atoms with Crippen molar-refractivity contribution in [2.45, 2.75) is 0 Å². The molecule has 0 aliphatic carbocycles. The molecule has 0 saturated carbocycles. The quantitative estimate of drug-likeness (QED) is 0.769. The summed E-state index contributed by atoms with van der Waals surface area (Å²) in [5, 5.41) is 7.55. The summed E-state index contributed by atoms with van der Waals surface area (Å²) >= 11 is 5.74. The van der Waals surface area contributed by atoms with Gasteiger partial charge in [-0.25, -0.2) is 13.9 Å². The van der Waals surface area contributed by atoms with Gasteiger partial charge < -0.3 is 4.74 Å². The molecule has 0 radical (unpaired) electrons. The number of esters is 1. The van der Waals surface area contributed by atoms with Crippen molar-refractivity contribution in [2.24, 2.45) is 0 Å². The molecule has 0 fully saturated rings. The third-order valence-corrected chi connectivity index (χ3v) is 2.28. The van der Waals surface area contributed by atoms with Gasteiger partial charge in [0.05, 0.1) is 13.3 Å². The molecule has 0 aliphatic rings. The number of benzene rings is 1. The first-order chi connectivity index (χ1) is 8.11. The van der Waals surface area contributed by atoms with Crippen LogP contribution in [-0.4, -0.2) is 28.1 Å². The van der Waals surface area contributed by atoms with Crippen molar-refractivity contribution in [3.05, 3.63) is 40.9 Å². The second-order valence-corrected chi connectivity index (χ2v) is 3.57. The van der Waals surface area contributed by atoms with Crippen molar-refractivity contribution in [1.82, 2.24) is 15.0 Å². The van der Waals surface area contributed by atoms with E-state index in [1.807, 2.05) is 0 Å². The Labute approximate surface area is 101 Å². The van der Waals surface area contributed by atoms with Gasteiger partial charge in [-0.05, 0) is 18.2 Å². The first-order valence-corrected chi connectivity index (χ1v) is 4.95. The summed E-state index contributed by atoms with van der Waals surface area (Å²) in [7, 11) is 1.22. The standard InChI is InChI=1S/C10H7ClFN3O2/c1-17-10(16)8-5-15(14-13-8)9-4-6(11)2-3-7(9)12/h2-5H,1H3. The smallest absolute Gasteiger partial charge is 0.360 e. The lowest BCUT2D eigenvalue weighted by atomic mass is 10.3. The summed E-state index contributed by atoms with van der Waals surface area (Å²) in [4.78, 5) is 11.2. The predicted octanol–water partition coefficient (Wildman–Crippen LogP) is 1.85. The molecular weight excluding hydrogens is 249 g/mol. The Balaban J connectivity index is 2.43. The van der Waals surface area contributed by atoms with Gasteiger partial charge in [-0.2, -0.15) is 0 Å². The van der Waals surface area contributed by atoms with Crippen molar-refractivity contribution in [3.8, 4) is 5.69 Å². The molecule has 0 atom stereocenters. The number of ether oxygens (including phenoxy) is 1. The molecule has 0 bridgehead atoms. The molecule has 7 heteroatoms. The van der Waals surface area contributed by atoms with E-state index in [1.165, 1.54) is 31.5 Å². The van der Waals surface area contributed by atoms with Crippen LogP contribution in [0.4, 0.5) is 4.39 Å². The molecule has 2 aromatic rings. The normalized spacial score (nSPS) is 10.3. The summed E-state index contributed by atoms with van der Waals surface area (Å²) in [6, 6.07) is 4.00. The van der Waals surface area contributed by atoms with Gasteiger partial charge in [0.15, 0.2) is 5.69 Å². The average Bonchev–Trinajstić information content (AvgIpc) is 2.80. The van der Waals surface area contributed by atoms with Crippen LogP contribution in [0.25, 0.3) is 5.69 Å². The number of rotatable bonds is 2. The van der Waals surface area contributed by atoms with Crippen molar-refractivity contribution in [2.75, 3.05) is 7.11 Å². The Bertz CT molecular complexity index is 570. The molecule has 88 valence electrons. The molecule has 0 N–H and O–H groups in total. The molecule has 0 unspecified atom stereocenters. The Morgan fingerprint density at radius 1 is 1.53 bits per heavy atom. The summed E-state index contributed by atoms with van der Waals surface area (Å²) in [6.07, 6.45) is 1.26. The zero-order valence-corrected chi connectivity index (χ0v) is 9.48. The molecule has 17 heavy (non-hydrogen) atoms. The van der Waals surface area contributed by atoms with Gasteiger partial charge >= 0.3 is 5.97 Å². The minimum Gasteiger partial charge on any atom is -0.464 e. The zero-order chi connectivity index (χ0) is 12.4. The highest BCUT2D eigenvalue weighted by Crippen LogP contribution is 2.18. The van der Waals surface area contributed by atoms with Crippen molar-refractivity contribution < 1.29 is 13.9 Å². The highest BCUT2D eigenvalue weighted by molar-refractivity contribution is 6.30. The maximum Gasteiger partial charge on any atom is 0.360 e. The minimum atomic E-state index is -0.640. The van der Waals surface area contributed by atoms with Crippen LogP contribution in [-0.2, 0) is 4.74 Å². The third-order valence-electron chi connectivity index (χ3n) is 2.04. The van der Waals surface area contributed by atoms with Gasteiger partial charge in [0.1, 0.15) is 11.5 Å². The fourth-order valence-corrected chi connectivity index (χ4v) is 1.41. The Hall–Kier alpha value is -1.95. The first-order valence-electron chi connectivity index (χ1n) is 4.58. The summed E-state index contributed by atoms with van der Waals surface area (Å²) < 4.78 is 19.1. The van der Waals surface area contributed by atoms with E-state index in [9.17, 15) is 9.18 Å². The van der Waals surface area contributed by atoms with E-state index in [1.54, 1.807) is 0 Å². The Kier molecular flexibility index (Phi) is 3.06. The maximum atomic E-state index is 13.5. The summed E-state index contributed by atoms with van der Waals surface area (Å²) in [5.74, 6) is -1.16.